The highest BCUT2D eigenvalue weighted by Gasteiger charge is 2.03. The van der Waals surface area contributed by atoms with Gasteiger partial charge in [-0.05, 0) is 33.2 Å². The van der Waals surface area contributed by atoms with Crippen molar-refractivity contribution in [3.8, 4) is 0 Å². The zero-order chi connectivity index (χ0) is 15.4. The second kappa shape index (κ2) is 11.4. The minimum atomic E-state index is -0.335. The maximum Gasteiger partial charge on any atom is 0.333 e. The van der Waals surface area contributed by atoms with E-state index in [0.29, 0.717) is 18.7 Å². The first-order chi connectivity index (χ1) is 9.47. The Bertz CT molecular complexity index is 337. The maximum atomic E-state index is 11.2. The molecule has 4 nitrogen and oxygen atoms in total. The van der Waals surface area contributed by atoms with Crippen molar-refractivity contribution in [2.75, 3.05) is 26.7 Å². The molecule has 0 aromatic carbocycles. The summed E-state index contributed by atoms with van der Waals surface area (Å²) in [5, 5.41) is 0. The fraction of sp³-hybridized carbons (Fsp3) is 0.625. The zero-order valence-corrected chi connectivity index (χ0v) is 12.9. The average molecular weight is 281 g/mol. The molecule has 0 amide bonds. The summed E-state index contributed by atoms with van der Waals surface area (Å²) in [5.74, 6) is -0.174. The van der Waals surface area contributed by atoms with Crippen LogP contribution >= 0.6 is 0 Å². The largest absolute Gasteiger partial charge is 0.461 e. The number of nitrogens with zero attached hydrogens (tertiary/aromatic N) is 1. The Balaban J connectivity index is 3.57. The number of rotatable bonds is 11. The Hall–Kier alpha value is -1.42. The summed E-state index contributed by atoms with van der Waals surface area (Å²) < 4.78 is 5.02. The highest BCUT2D eigenvalue weighted by Crippen LogP contribution is 2.05. The monoisotopic (exact) mass is 281 g/mol. The number of hydrogen-bond donors (Lipinski definition) is 0. The normalized spacial score (nSPS) is 12.6. The quantitative estimate of drug-likeness (QED) is 0.192. The van der Waals surface area contributed by atoms with E-state index in [-0.39, 0.29) is 11.9 Å². The molecule has 0 saturated carbocycles. The zero-order valence-electron chi connectivity index (χ0n) is 12.9. The smallest absolute Gasteiger partial charge is 0.333 e. The number of likely N-dealkylation sites (N-methyl/N-ethyl adjacent to an activating group) is 1. The summed E-state index contributed by atoms with van der Waals surface area (Å²) in [6.45, 7) is 9.02. The second-order valence-corrected chi connectivity index (χ2v) is 5.19. The standard InChI is InChI=1S/C16H27NO3/c1-14(2)16(19)20-12-11-17(4)10-8-6-5-7-9-15(3)13-18/h6,8,13,15H,1,5,7,9-12H2,2-4H3. The van der Waals surface area contributed by atoms with Gasteiger partial charge in [-0.1, -0.05) is 25.7 Å². The lowest BCUT2D eigenvalue weighted by Gasteiger charge is -2.14. The van der Waals surface area contributed by atoms with E-state index in [9.17, 15) is 9.59 Å². The predicted molar refractivity (Wildman–Crippen MR) is 81.5 cm³/mol. The van der Waals surface area contributed by atoms with Gasteiger partial charge in [-0.25, -0.2) is 4.79 Å². The van der Waals surface area contributed by atoms with Crippen LogP contribution in [0.15, 0.2) is 24.3 Å². The molecule has 0 rings (SSSR count). The minimum absolute atomic E-state index is 0.161. The molecule has 0 N–H and O–H groups in total. The SMILES string of the molecule is C=C(C)C(=O)OCCN(C)CC=CCCCC(C)C=O. The average Bonchev–Trinajstić information content (AvgIpc) is 2.41. The summed E-state index contributed by atoms with van der Waals surface area (Å²) in [5.41, 5.74) is 0.428. The number of aldehydes is 1. The second-order valence-electron chi connectivity index (χ2n) is 5.19. The van der Waals surface area contributed by atoms with Crippen molar-refractivity contribution in [1.82, 2.24) is 4.90 Å². The van der Waals surface area contributed by atoms with E-state index in [0.717, 1.165) is 32.1 Å². The first-order valence-electron chi connectivity index (χ1n) is 7.08. The van der Waals surface area contributed by atoms with Crippen molar-refractivity contribution in [2.24, 2.45) is 5.92 Å². The number of ether oxygens (including phenoxy) is 1. The van der Waals surface area contributed by atoms with Crippen LogP contribution in [-0.2, 0) is 14.3 Å². The Morgan fingerprint density at radius 2 is 2.10 bits per heavy atom. The van der Waals surface area contributed by atoms with Crippen molar-refractivity contribution in [1.29, 1.82) is 0 Å². The van der Waals surface area contributed by atoms with Gasteiger partial charge in [0, 0.05) is 24.6 Å². The summed E-state index contributed by atoms with van der Waals surface area (Å²) in [4.78, 5) is 23.7. The molecule has 0 spiro atoms. The summed E-state index contributed by atoms with van der Waals surface area (Å²) in [7, 11) is 1.98. The molecule has 0 fully saturated rings. The van der Waals surface area contributed by atoms with Crippen LogP contribution in [0.5, 0.6) is 0 Å². The number of unbranched alkanes of at least 4 members (excludes halogenated alkanes) is 1. The van der Waals surface area contributed by atoms with Gasteiger partial charge in [-0.3, -0.25) is 4.90 Å². The van der Waals surface area contributed by atoms with Crippen LogP contribution < -0.4 is 0 Å². The molecular formula is C16H27NO3. The molecule has 0 aliphatic carbocycles. The summed E-state index contributed by atoms with van der Waals surface area (Å²) >= 11 is 0. The Morgan fingerprint density at radius 1 is 1.40 bits per heavy atom. The Labute approximate surface area is 122 Å². The van der Waals surface area contributed by atoms with Crippen LogP contribution in [0.3, 0.4) is 0 Å². The third kappa shape index (κ3) is 10.5. The molecule has 0 radical (unpaired) electrons. The molecule has 1 atom stereocenters. The van der Waals surface area contributed by atoms with Gasteiger partial charge < -0.3 is 9.53 Å². The minimum Gasteiger partial charge on any atom is -0.461 e. The number of esters is 1. The first-order valence-corrected chi connectivity index (χ1v) is 7.08. The molecule has 0 aromatic rings. The van der Waals surface area contributed by atoms with Crippen LogP contribution in [0.25, 0.3) is 0 Å². The molecule has 1 unspecified atom stereocenters. The van der Waals surface area contributed by atoms with Gasteiger partial charge in [-0.2, -0.15) is 0 Å². The van der Waals surface area contributed by atoms with E-state index in [1.165, 1.54) is 0 Å². The maximum absolute atomic E-state index is 11.2. The first kappa shape index (κ1) is 18.6. The topological polar surface area (TPSA) is 46.6 Å². The van der Waals surface area contributed by atoms with Gasteiger partial charge in [-0.15, -0.1) is 0 Å². The van der Waals surface area contributed by atoms with Gasteiger partial charge in [0.25, 0.3) is 0 Å². The molecule has 114 valence electrons. The molecule has 4 heteroatoms. The molecule has 0 bridgehead atoms. The number of carbonyl (C=O) groups is 2. The Morgan fingerprint density at radius 3 is 2.70 bits per heavy atom. The number of allylic oxidation sites excluding steroid dienone is 1. The van der Waals surface area contributed by atoms with E-state index in [2.05, 4.69) is 23.6 Å². The predicted octanol–water partition coefficient (Wildman–Crippen LogP) is 2.60. The van der Waals surface area contributed by atoms with E-state index in [1.54, 1.807) is 6.92 Å². The van der Waals surface area contributed by atoms with Gasteiger partial charge in [0.1, 0.15) is 12.9 Å². The third-order valence-electron chi connectivity index (χ3n) is 2.90. The molecule has 0 saturated heterocycles. The van der Waals surface area contributed by atoms with E-state index < -0.39 is 0 Å². The lowest BCUT2D eigenvalue weighted by molar-refractivity contribution is -0.139. The Kier molecular flexibility index (Phi) is 10.6. The van der Waals surface area contributed by atoms with Crippen LogP contribution in [0, 0.1) is 5.92 Å². The van der Waals surface area contributed by atoms with Crippen molar-refractivity contribution >= 4 is 12.3 Å². The van der Waals surface area contributed by atoms with Crippen molar-refractivity contribution < 1.29 is 14.3 Å². The van der Waals surface area contributed by atoms with E-state index in [1.807, 2.05) is 14.0 Å². The van der Waals surface area contributed by atoms with Crippen LogP contribution in [-0.4, -0.2) is 43.9 Å². The highest BCUT2D eigenvalue weighted by atomic mass is 16.5. The summed E-state index contributed by atoms with van der Waals surface area (Å²) in [6, 6.07) is 0. The van der Waals surface area contributed by atoms with Gasteiger partial charge in [0.15, 0.2) is 0 Å². The van der Waals surface area contributed by atoms with Gasteiger partial charge in [0.05, 0.1) is 0 Å². The number of carbonyl (C=O) groups excluding carboxylic acids is 2. The van der Waals surface area contributed by atoms with E-state index in [4.69, 9.17) is 4.74 Å². The molecule has 0 aliphatic heterocycles. The lowest BCUT2D eigenvalue weighted by atomic mass is 10.1. The number of hydrogen-bond acceptors (Lipinski definition) is 4. The van der Waals surface area contributed by atoms with Crippen LogP contribution in [0.2, 0.25) is 0 Å². The van der Waals surface area contributed by atoms with Crippen molar-refractivity contribution in [2.45, 2.75) is 33.1 Å². The van der Waals surface area contributed by atoms with Crippen molar-refractivity contribution in [3.05, 3.63) is 24.3 Å². The highest BCUT2D eigenvalue weighted by molar-refractivity contribution is 5.86. The molecule has 20 heavy (non-hydrogen) atoms. The molecule has 0 aromatic heterocycles. The fourth-order valence-corrected chi connectivity index (χ4v) is 1.51. The van der Waals surface area contributed by atoms with Gasteiger partial charge in [0.2, 0.25) is 0 Å². The lowest BCUT2D eigenvalue weighted by Crippen LogP contribution is -2.24. The van der Waals surface area contributed by atoms with Crippen LogP contribution in [0.4, 0.5) is 0 Å². The summed E-state index contributed by atoms with van der Waals surface area (Å²) in [6.07, 6.45) is 8.22. The van der Waals surface area contributed by atoms with Crippen molar-refractivity contribution in [3.63, 3.8) is 0 Å². The molecule has 0 heterocycles. The van der Waals surface area contributed by atoms with Gasteiger partial charge >= 0.3 is 5.97 Å². The molecule has 0 aliphatic rings. The fourth-order valence-electron chi connectivity index (χ4n) is 1.51. The third-order valence-corrected chi connectivity index (χ3v) is 2.90. The van der Waals surface area contributed by atoms with E-state index >= 15 is 0 Å². The van der Waals surface area contributed by atoms with Crippen LogP contribution in [0.1, 0.15) is 33.1 Å². The molecular weight excluding hydrogens is 254 g/mol.